The molecule has 2 N–H and O–H groups in total. The van der Waals surface area contributed by atoms with Crippen molar-refractivity contribution >= 4 is 17.4 Å². The van der Waals surface area contributed by atoms with Crippen LogP contribution in [0.25, 0.3) is 0 Å². The van der Waals surface area contributed by atoms with E-state index in [9.17, 15) is 8.78 Å². The van der Waals surface area contributed by atoms with E-state index in [4.69, 9.17) is 5.73 Å². The van der Waals surface area contributed by atoms with E-state index >= 15 is 0 Å². The minimum Gasteiger partial charge on any atom is -0.398 e. The second-order valence-corrected chi connectivity index (χ2v) is 4.73. The SMILES string of the molecule is Cc1c(N)cccc1Sc1cc(F)ccc1F. The zero-order valence-electron chi connectivity index (χ0n) is 9.21. The van der Waals surface area contributed by atoms with Crippen LogP contribution in [0.1, 0.15) is 5.56 Å². The molecule has 0 radical (unpaired) electrons. The molecule has 0 bridgehead atoms. The third-order valence-corrected chi connectivity index (χ3v) is 3.63. The van der Waals surface area contributed by atoms with E-state index in [1.54, 1.807) is 12.1 Å². The molecule has 17 heavy (non-hydrogen) atoms. The molecule has 0 aliphatic rings. The maximum Gasteiger partial charge on any atom is 0.137 e. The molecule has 0 spiro atoms. The van der Waals surface area contributed by atoms with E-state index < -0.39 is 11.6 Å². The van der Waals surface area contributed by atoms with Crippen molar-refractivity contribution in [1.82, 2.24) is 0 Å². The van der Waals surface area contributed by atoms with E-state index in [-0.39, 0.29) is 4.90 Å². The number of rotatable bonds is 2. The van der Waals surface area contributed by atoms with Gasteiger partial charge in [0.25, 0.3) is 0 Å². The highest BCUT2D eigenvalue weighted by Crippen LogP contribution is 2.34. The molecule has 88 valence electrons. The Kier molecular flexibility index (Phi) is 3.33. The normalized spacial score (nSPS) is 10.5. The maximum atomic E-state index is 13.5. The first kappa shape index (κ1) is 11.9. The predicted molar refractivity (Wildman–Crippen MR) is 66.1 cm³/mol. The lowest BCUT2D eigenvalue weighted by molar-refractivity contribution is 0.577. The van der Waals surface area contributed by atoms with Gasteiger partial charge in [0.15, 0.2) is 0 Å². The summed E-state index contributed by atoms with van der Waals surface area (Å²) in [6.45, 7) is 1.86. The first-order chi connectivity index (χ1) is 8.08. The third-order valence-electron chi connectivity index (χ3n) is 2.44. The molecule has 0 heterocycles. The zero-order chi connectivity index (χ0) is 12.4. The second kappa shape index (κ2) is 4.75. The lowest BCUT2D eigenvalue weighted by Crippen LogP contribution is -1.91. The topological polar surface area (TPSA) is 26.0 Å². The molecule has 0 amide bonds. The number of nitrogen functional groups attached to an aromatic ring is 1. The molecule has 2 rings (SSSR count). The van der Waals surface area contributed by atoms with Gasteiger partial charge in [-0.05, 0) is 42.8 Å². The monoisotopic (exact) mass is 251 g/mol. The molecular weight excluding hydrogens is 240 g/mol. The Morgan fingerprint density at radius 1 is 1.06 bits per heavy atom. The molecule has 0 saturated carbocycles. The van der Waals surface area contributed by atoms with Gasteiger partial charge in [0.2, 0.25) is 0 Å². The van der Waals surface area contributed by atoms with Crippen LogP contribution in [0.3, 0.4) is 0 Å². The van der Waals surface area contributed by atoms with Gasteiger partial charge in [-0.15, -0.1) is 0 Å². The van der Waals surface area contributed by atoms with E-state index in [1.165, 1.54) is 17.8 Å². The van der Waals surface area contributed by atoms with Crippen LogP contribution in [-0.4, -0.2) is 0 Å². The molecule has 0 saturated heterocycles. The van der Waals surface area contributed by atoms with Gasteiger partial charge in [-0.3, -0.25) is 0 Å². The molecular formula is C13H11F2NS. The van der Waals surface area contributed by atoms with E-state index in [1.807, 2.05) is 13.0 Å². The quantitative estimate of drug-likeness (QED) is 0.816. The van der Waals surface area contributed by atoms with Gasteiger partial charge < -0.3 is 5.73 Å². The number of hydrogen-bond acceptors (Lipinski definition) is 2. The Hall–Kier alpha value is -1.55. The Labute approximate surface area is 103 Å². The van der Waals surface area contributed by atoms with Gasteiger partial charge in [-0.1, -0.05) is 17.8 Å². The fourth-order valence-electron chi connectivity index (χ4n) is 1.42. The summed E-state index contributed by atoms with van der Waals surface area (Å²) in [5.41, 5.74) is 7.28. The van der Waals surface area contributed by atoms with Crippen molar-refractivity contribution in [1.29, 1.82) is 0 Å². The number of benzene rings is 2. The molecule has 0 aliphatic heterocycles. The van der Waals surface area contributed by atoms with Gasteiger partial charge in [0.1, 0.15) is 11.6 Å². The maximum absolute atomic E-state index is 13.5. The highest BCUT2D eigenvalue weighted by atomic mass is 32.2. The molecule has 0 fully saturated rings. The van der Waals surface area contributed by atoms with Crippen molar-refractivity contribution in [3.63, 3.8) is 0 Å². The van der Waals surface area contributed by atoms with Crippen LogP contribution >= 0.6 is 11.8 Å². The van der Waals surface area contributed by atoms with Crippen LogP contribution in [0.2, 0.25) is 0 Å². The Morgan fingerprint density at radius 3 is 2.59 bits per heavy atom. The van der Waals surface area contributed by atoms with Gasteiger partial charge in [-0.2, -0.15) is 0 Å². The number of halogens is 2. The molecule has 0 unspecified atom stereocenters. The molecule has 2 aromatic rings. The van der Waals surface area contributed by atoms with Crippen molar-refractivity contribution in [2.45, 2.75) is 16.7 Å². The summed E-state index contributed by atoms with van der Waals surface area (Å²) < 4.78 is 26.5. The van der Waals surface area contributed by atoms with Crippen molar-refractivity contribution in [2.75, 3.05) is 5.73 Å². The largest absolute Gasteiger partial charge is 0.398 e. The van der Waals surface area contributed by atoms with Crippen molar-refractivity contribution in [2.24, 2.45) is 0 Å². The van der Waals surface area contributed by atoms with E-state index in [0.29, 0.717) is 5.69 Å². The first-order valence-corrected chi connectivity index (χ1v) is 5.87. The van der Waals surface area contributed by atoms with Crippen LogP contribution in [-0.2, 0) is 0 Å². The highest BCUT2D eigenvalue weighted by Gasteiger charge is 2.08. The Bertz CT molecular complexity index is 555. The van der Waals surface area contributed by atoms with Crippen LogP contribution in [0.4, 0.5) is 14.5 Å². The summed E-state index contributed by atoms with van der Waals surface area (Å²) in [5.74, 6) is -0.881. The Morgan fingerprint density at radius 2 is 1.82 bits per heavy atom. The molecule has 0 aromatic heterocycles. The average molecular weight is 251 g/mol. The first-order valence-electron chi connectivity index (χ1n) is 5.06. The number of hydrogen-bond donors (Lipinski definition) is 1. The average Bonchev–Trinajstić information content (AvgIpc) is 2.30. The van der Waals surface area contributed by atoms with Crippen LogP contribution in [0, 0.1) is 18.6 Å². The second-order valence-electron chi connectivity index (χ2n) is 3.65. The van der Waals surface area contributed by atoms with Gasteiger partial charge in [-0.25, -0.2) is 8.78 Å². The van der Waals surface area contributed by atoms with Crippen molar-refractivity contribution in [3.8, 4) is 0 Å². The lowest BCUT2D eigenvalue weighted by Gasteiger charge is -2.08. The Balaban J connectivity index is 2.38. The summed E-state index contributed by atoms with van der Waals surface area (Å²) in [6, 6.07) is 8.82. The smallest absolute Gasteiger partial charge is 0.137 e. The summed E-state index contributed by atoms with van der Waals surface area (Å²) in [7, 11) is 0. The molecule has 4 heteroatoms. The fourth-order valence-corrected chi connectivity index (χ4v) is 2.41. The standard InChI is InChI=1S/C13H11F2NS/c1-8-11(16)3-2-4-12(8)17-13-7-9(14)5-6-10(13)15/h2-7H,16H2,1H3. The predicted octanol–water partition coefficient (Wildman–Crippen LogP) is 4.01. The fraction of sp³-hybridized carbons (Fsp3) is 0.0769. The minimum absolute atomic E-state index is 0.263. The van der Waals surface area contributed by atoms with Gasteiger partial charge in [0.05, 0.1) is 4.90 Å². The molecule has 0 aliphatic carbocycles. The van der Waals surface area contributed by atoms with Crippen LogP contribution in [0.15, 0.2) is 46.2 Å². The molecule has 1 nitrogen and oxygen atoms in total. The zero-order valence-corrected chi connectivity index (χ0v) is 10.0. The van der Waals surface area contributed by atoms with Crippen molar-refractivity contribution in [3.05, 3.63) is 53.6 Å². The lowest BCUT2D eigenvalue weighted by atomic mass is 10.2. The van der Waals surface area contributed by atoms with E-state index in [2.05, 4.69) is 0 Å². The summed E-state index contributed by atoms with van der Waals surface area (Å²) in [6.07, 6.45) is 0. The van der Waals surface area contributed by atoms with Gasteiger partial charge in [0, 0.05) is 10.6 Å². The summed E-state index contributed by atoms with van der Waals surface area (Å²) >= 11 is 1.17. The van der Waals surface area contributed by atoms with Crippen LogP contribution in [0.5, 0.6) is 0 Å². The highest BCUT2D eigenvalue weighted by molar-refractivity contribution is 7.99. The van der Waals surface area contributed by atoms with Crippen LogP contribution < -0.4 is 5.73 Å². The van der Waals surface area contributed by atoms with E-state index in [0.717, 1.165) is 22.6 Å². The molecule has 2 aromatic carbocycles. The summed E-state index contributed by atoms with van der Waals surface area (Å²) in [5, 5.41) is 0. The summed E-state index contributed by atoms with van der Waals surface area (Å²) in [4.78, 5) is 1.09. The van der Waals surface area contributed by atoms with Gasteiger partial charge >= 0.3 is 0 Å². The van der Waals surface area contributed by atoms with Crippen molar-refractivity contribution < 1.29 is 8.78 Å². The minimum atomic E-state index is -0.449. The third kappa shape index (κ3) is 2.58. The number of nitrogens with two attached hydrogens (primary N) is 1. The number of anilines is 1. The molecule has 0 atom stereocenters.